The fourth-order valence-corrected chi connectivity index (χ4v) is 0.516. The minimum atomic E-state index is -2.44. The van der Waals surface area contributed by atoms with Crippen LogP contribution in [-0.4, -0.2) is 86.1 Å². The first kappa shape index (κ1) is 29.3. The Hall–Kier alpha value is -0.748. The summed E-state index contributed by atoms with van der Waals surface area (Å²) < 4.78 is 0. The van der Waals surface area contributed by atoms with Crippen LogP contribution in [0.1, 0.15) is 0 Å². The molecule has 0 fully saturated rings. The number of hydrogen-bond acceptors (Lipinski definition) is 12. The van der Waals surface area contributed by atoms with Crippen LogP contribution in [0.15, 0.2) is 0 Å². The summed E-state index contributed by atoms with van der Waals surface area (Å²) >= 11 is 0. The van der Waals surface area contributed by atoms with E-state index < -0.39 is 48.3 Å². The fraction of sp³-hybridized carbons (Fsp3) is 0.500. The maximum absolute atomic E-state index is 9.63. The summed E-state index contributed by atoms with van der Waals surface area (Å²) in [6, 6.07) is 0. The van der Waals surface area contributed by atoms with Crippen molar-refractivity contribution >= 4 is 41.2 Å². The summed E-state index contributed by atoms with van der Waals surface area (Å²) in [4.78, 5) is 38.5. The second-order valence-electron chi connectivity index (χ2n) is 3.06. The number of carboxylic acids is 4. The van der Waals surface area contributed by atoms with E-state index in [4.69, 9.17) is 20.4 Å². The Balaban J connectivity index is -0.000000135. The summed E-state index contributed by atoms with van der Waals surface area (Å²) in [5.41, 5.74) is 0. The van der Waals surface area contributed by atoms with E-state index in [1.54, 1.807) is 0 Å². The average Bonchev–Trinajstić information content (AvgIpc) is 2.35. The van der Waals surface area contributed by atoms with Crippen molar-refractivity contribution in [2.24, 2.45) is 0 Å². The van der Waals surface area contributed by atoms with Gasteiger partial charge in [-0.2, -0.15) is 0 Å². The molecule has 0 aromatic carbocycles. The molecule has 4 atom stereocenters. The minimum absolute atomic E-state index is 0. The van der Waals surface area contributed by atoms with Crippen molar-refractivity contribution in [2.75, 3.05) is 0 Å². The van der Waals surface area contributed by atoms with E-state index in [2.05, 4.69) is 0 Å². The van der Waals surface area contributed by atoms with E-state index in [-0.39, 0.29) is 46.9 Å². The van der Waals surface area contributed by atoms with Crippen LogP contribution in [0.2, 0.25) is 0 Å². The van der Waals surface area contributed by atoms with Crippen molar-refractivity contribution in [3.63, 3.8) is 0 Å². The summed E-state index contributed by atoms with van der Waals surface area (Å²) in [5, 5.41) is 71.5. The Morgan fingerprint density at radius 3 is 0.682 bits per heavy atom. The number of hydrogen-bond donors (Lipinski definition) is 4. The van der Waals surface area contributed by atoms with Gasteiger partial charge in [-0.1, -0.05) is 0 Å². The molecule has 0 rings (SSSR count). The Labute approximate surface area is 155 Å². The van der Waals surface area contributed by atoms with Crippen molar-refractivity contribution in [1.82, 2.24) is 0 Å². The number of carbonyl (C=O) groups excluding carboxylic acids is 4. The topological polar surface area (TPSA) is 241 Å². The predicted octanol–water partition coefficient (Wildman–Crippen LogP) is -13.0. The maximum Gasteiger partial charge on any atom is 1.00 e. The summed E-state index contributed by atoms with van der Waals surface area (Å²) in [6.45, 7) is 0. The Morgan fingerprint density at radius 1 is 0.545 bits per heavy atom. The van der Waals surface area contributed by atoms with Gasteiger partial charge in [0.2, 0.25) is 0 Å². The molecule has 4 N–H and O–H groups in total. The first-order chi connectivity index (χ1) is 8.93. The SMILES string of the molecule is O=C([O-])C(O)C(O)C(=O)[O-].O=C([O-])C(O)C(O)C(=O)[O-].[Al].[Na+]. The molecule has 14 heteroatoms. The molecular weight excluding hydrogens is 338 g/mol. The van der Waals surface area contributed by atoms with Crippen LogP contribution in [0.25, 0.3) is 0 Å². The van der Waals surface area contributed by atoms with Gasteiger partial charge < -0.3 is 60.0 Å². The third-order valence-corrected chi connectivity index (χ3v) is 1.56. The molecule has 0 aromatic heterocycles. The van der Waals surface area contributed by atoms with E-state index >= 15 is 0 Å². The van der Waals surface area contributed by atoms with Crippen LogP contribution < -0.4 is 50.0 Å². The molecule has 22 heavy (non-hydrogen) atoms. The second-order valence-corrected chi connectivity index (χ2v) is 3.06. The van der Waals surface area contributed by atoms with Gasteiger partial charge >= 0.3 is 29.6 Å². The largest absolute Gasteiger partial charge is 1.00 e. The molecule has 0 aliphatic carbocycles. The Morgan fingerprint density at radius 2 is 0.636 bits per heavy atom. The van der Waals surface area contributed by atoms with Gasteiger partial charge in [0.1, 0.15) is 24.4 Å². The zero-order chi connectivity index (χ0) is 16.6. The quantitative estimate of drug-likeness (QED) is 0.327. The standard InChI is InChI=1S/2C4H6O6.Al.Na/c2*5-1(3(7)8)2(6)4(9)10;;/h2*1-2,5-6H,(H,7,8)(H,9,10);;/q;;;+1/p-4. The number of carbonyl (C=O) groups is 4. The van der Waals surface area contributed by atoms with Crippen molar-refractivity contribution in [3.8, 4) is 0 Å². The summed E-state index contributed by atoms with van der Waals surface area (Å²) in [5.74, 6) is -8.23. The maximum atomic E-state index is 9.63. The van der Waals surface area contributed by atoms with Crippen LogP contribution >= 0.6 is 0 Å². The third-order valence-electron chi connectivity index (χ3n) is 1.56. The van der Waals surface area contributed by atoms with E-state index in [0.29, 0.717) is 0 Å². The molecule has 0 spiro atoms. The molecule has 119 valence electrons. The molecule has 0 amide bonds. The average molecular weight is 346 g/mol. The van der Waals surface area contributed by atoms with Crippen LogP contribution in [-0.2, 0) is 19.2 Å². The predicted molar refractivity (Wildman–Crippen MR) is 49.8 cm³/mol. The number of aliphatic hydroxyl groups is 4. The van der Waals surface area contributed by atoms with Crippen LogP contribution in [0.3, 0.4) is 0 Å². The zero-order valence-corrected chi connectivity index (χ0v) is 14.1. The normalized spacial score (nSPS) is 14.4. The Kier molecular flexibility index (Phi) is 18.5. The first-order valence-electron chi connectivity index (χ1n) is 4.49. The van der Waals surface area contributed by atoms with Crippen LogP contribution in [0.5, 0.6) is 0 Å². The van der Waals surface area contributed by atoms with Gasteiger partial charge in [0.15, 0.2) is 0 Å². The molecule has 0 aliphatic rings. The van der Waals surface area contributed by atoms with Gasteiger partial charge in [-0.15, -0.1) is 0 Å². The van der Waals surface area contributed by atoms with Crippen molar-refractivity contribution in [2.45, 2.75) is 24.4 Å². The van der Waals surface area contributed by atoms with E-state index in [1.807, 2.05) is 0 Å². The molecular formula is C8H8AlNaO12-3. The van der Waals surface area contributed by atoms with E-state index in [1.165, 1.54) is 0 Å². The third kappa shape index (κ3) is 11.9. The van der Waals surface area contributed by atoms with E-state index in [9.17, 15) is 39.6 Å². The number of rotatable bonds is 6. The summed E-state index contributed by atoms with van der Waals surface area (Å²) in [6.07, 6.45) is -9.76. The van der Waals surface area contributed by atoms with Gasteiger partial charge in [0, 0.05) is 17.4 Å². The number of aliphatic carboxylic acids is 4. The van der Waals surface area contributed by atoms with Crippen molar-refractivity contribution in [3.05, 3.63) is 0 Å². The van der Waals surface area contributed by atoms with Crippen LogP contribution in [0, 0.1) is 0 Å². The molecule has 12 nitrogen and oxygen atoms in total. The van der Waals surface area contributed by atoms with Gasteiger partial charge in [0.25, 0.3) is 0 Å². The molecule has 0 aliphatic heterocycles. The van der Waals surface area contributed by atoms with Crippen molar-refractivity contribution < 1.29 is 89.6 Å². The minimum Gasteiger partial charge on any atom is -0.547 e. The molecule has 3 radical (unpaired) electrons. The number of aliphatic hydroxyl groups excluding tert-OH is 4. The van der Waals surface area contributed by atoms with Crippen LogP contribution in [0.4, 0.5) is 0 Å². The Bertz CT molecular complexity index is 315. The first-order valence-corrected chi connectivity index (χ1v) is 4.49. The second kappa shape index (κ2) is 13.9. The van der Waals surface area contributed by atoms with Gasteiger partial charge in [-0.3, -0.25) is 0 Å². The van der Waals surface area contributed by atoms with E-state index in [0.717, 1.165) is 0 Å². The molecule has 0 aromatic rings. The van der Waals surface area contributed by atoms with Gasteiger partial charge in [0.05, 0.1) is 23.9 Å². The smallest absolute Gasteiger partial charge is 0.547 e. The van der Waals surface area contributed by atoms with Crippen molar-refractivity contribution in [1.29, 1.82) is 0 Å². The monoisotopic (exact) mass is 346 g/mol. The molecule has 0 saturated heterocycles. The molecule has 0 heterocycles. The molecule has 4 unspecified atom stereocenters. The molecule has 0 bridgehead atoms. The van der Waals surface area contributed by atoms with Gasteiger partial charge in [-0.25, -0.2) is 0 Å². The fourth-order valence-electron chi connectivity index (χ4n) is 0.516. The zero-order valence-electron chi connectivity index (χ0n) is 10.9. The molecule has 0 saturated carbocycles. The summed E-state index contributed by atoms with van der Waals surface area (Å²) in [7, 11) is 0. The number of carboxylic acid groups (broad SMARTS) is 4. The van der Waals surface area contributed by atoms with Gasteiger partial charge in [-0.05, 0) is 0 Å².